The van der Waals surface area contributed by atoms with Crippen molar-refractivity contribution < 1.29 is 14.3 Å². The van der Waals surface area contributed by atoms with Crippen molar-refractivity contribution in [3.05, 3.63) is 72.8 Å². The molecule has 1 fully saturated rings. The van der Waals surface area contributed by atoms with Crippen LogP contribution in [-0.4, -0.2) is 5.97 Å². The summed E-state index contributed by atoms with van der Waals surface area (Å²) in [4.78, 5) is 12.2. The van der Waals surface area contributed by atoms with Gasteiger partial charge in [-0.1, -0.05) is 50.3 Å². The second-order valence-electron chi connectivity index (χ2n) is 6.73. The molecular weight excluding hydrogens is 300 g/mol. The molecule has 1 aliphatic rings. The van der Waals surface area contributed by atoms with E-state index in [1.807, 2.05) is 60.7 Å². The van der Waals surface area contributed by atoms with Crippen LogP contribution in [0.15, 0.2) is 67.3 Å². The Bertz CT molecular complexity index is 734. The van der Waals surface area contributed by atoms with Crippen LogP contribution in [0, 0.1) is 17.3 Å². The van der Waals surface area contributed by atoms with E-state index in [9.17, 15) is 4.79 Å². The smallest absolute Gasteiger partial charge is 0.310 e. The predicted molar refractivity (Wildman–Crippen MR) is 93.7 cm³/mol. The summed E-state index contributed by atoms with van der Waals surface area (Å²) in [6.07, 6.45) is 1.85. The standard InChI is InChI=1S/C21H22O3/c1-4-18-19(21(18,2)3)20(22)23-14-15-9-8-12-17(13-15)24-16-10-6-5-7-11-16/h4-13,18-19H,1,14H2,2-3H3. The van der Waals surface area contributed by atoms with Crippen molar-refractivity contribution in [1.82, 2.24) is 0 Å². The molecule has 0 spiro atoms. The van der Waals surface area contributed by atoms with Crippen molar-refractivity contribution in [2.45, 2.75) is 20.5 Å². The normalized spacial score (nSPS) is 20.9. The lowest BCUT2D eigenvalue weighted by Crippen LogP contribution is -2.10. The van der Waals surface area contributed by atoms with Gasteiger partial charge in [0.25, 0.3) is 0 Å². The zero-order valence-electron chi connectivity index (χ0n) is 14.1. The monoisotopic (exact) mass is 322 g/mol. The summed E-state index contributed by atoms with van der Waals surface area (Å²) in [6, 6.07) is 17.2. The molecule has 0 amide bonds. The molecule has 0 radical (unpaired) electrons. The SMILES string of the molecule is C=CC1C(C(=O)OCc2cccc(Oc3ccccc3)c2)C1(C)C. The van der Waals surface area contributed by atoms with Gasteiger partial charge in [0.05, 0.1) is 5.92 Å². The minimum absolute atomic E-state index is 0.0445. The van der Waals surface area contributed by atoms with E-state index in [-0.39, 0.29) is 29.8 Å². The quantitative estimate of drug-likeness (QED) is 0.556. The van der Waals surface area contributed by atoms with Gasteiger partial charge in [-0.2, -0.15) is 0 Å². The minimum atomic E-state index is -0.153. The molecule has 0 aromatic heterocycles. The fourth-order valence-electron chi connectivity index (χ4n) is 3.14. The number of hydrogen-bond donors (Lipinski definition) is 0. The molecule has 3 heteroatoms. The van der Waals surface area contributed by atoms with Gasteiger partial charge in [-0.05, 0) is 41.2 Å². The van der Waals surface area contributed by atoms with E-state index in [1.54, 1.807) is 0 Å². The lowest BCUT2D eigenvalue weighted by atomic mass is 10.1. The third-order valence-electron chi connectivity index (χ3n) is 4.68. The number of allylic oxidation sites excluding steroid dienone is 1. The van der Waals surface area contributed by atoms with E-state index < -0.39 is 0 Å². The highest BCUT2D eigenvalue weighted by Crippen LogP contribution is 2.59. The van der Waals surface area contributed by atoms with E-state index in [1.165, 1.54) is 0 Å². The molecule has 24 heavy (non-hydrogen) atoms. The molecule has 3 nitrogen and oxygen atoms in total. The van der Waals surface area contributed by atoms with Crippen molar-refractivity contribution >= 4 is 5.97 Å². The van der Waals surface area contributed by atoms with Crippen LogP contribution in [0.2, 0.25) is 0 Å². The first kappa shape index (κ1) is 16.3. The third kappa shape index (κ3) is 3.35. The van der Waals surface area contributed by atoms with Crippen molar-refractivity contribution in [2.75, 3.05) is 0 Å². The largest absolute Gasteiger partial charge is 0.461 e. The molecule has 2 atom stereocenters. The molecule has 3 rings (SSSR count). The molecule has 2 unspecified atom stereocenters. The maximum atomic E-state index is 12.2. The predicted octanol–water partition coefficient (Wildman–Crippen LogP) is 4.98. The highest BCUT2D eigenvalue weighted by Gasteiger charge is 2.61. The van der Waals surface area contributed by atoms with E-state index in [2.05, 4.69) is 20.4 Å². The maximum Gasteiger partial charge on any atom is 0.310 e. The molecule has 1 aliphatic carbocycles. The van der Waals surface area contributed by atoms with E-state index in [0.717, 1.165) is 17.1 Å². The number of carbonyl (C=O) groups excluding carboxylic acids is 1. The van der Waals surface area contributed by atoms with Crippen molar-refractivity contribution in [3.8, 4) is 11.5 Å². The van der Waals surface area contributed by atoms with Crippen LogP contribution in [-0.2, 0) is 16.1 Å². The van der Waals surface area contributed by atoms with Gasteiger partial charge >= 0.3 is 5.97 Å². The molecule has 1 saturated carbocycles. The van der Waals surface area contributed by atoms with Gasteiger partial charge in [0.2, 0.25) is 0 Å². The van der Waals surface area contributed by atoms with Crippen LogP contribution in [0.3, 0.4) is 0 Å². The highest BCUT2D eigenvalue weighted by atomic mass is 16.5. The molecule has 0 N–H and O–H groups in total. The summed E-state index contributed by atoms with van der Waals surface area (Å²) in [6.45, 7) is 8.19. The fourth-order valence-corrected chi connectivity index (χ4v) is 3.14. The Morgan fingerprint density at radius 3 is 2.50 bits per heavy atom. The summed E-state index contributed by atoms with van der Waals surface area (Å²) >= 11 is 0. The first-order valence-electron chi connectivity index (χ1n) is 8.13. The summed E-state index contributed by atoms with van der Waals surface area (Å²) in [5.41, 5.74) is 0.863. The maximum absolute atomic E-state index is 12.2. The Hall–Kier alpha value is -2.55. The van der Waals surface area contributed by atoms with Gasteiger partial charge in [0, 0.05) is 0 Å². The van der Waals surface area contributed by atoms with Gasteiger partial charge in [0.15, 0.2) is 0 Å². The summed E-state index contributed by atoms with van der Waals surface area (Å²) in [5.74, 6) is 1.47. The number of ether oxygens (including phenoxy) is 2. The van der Waals surface area contributed by atoms with Gasteiger partial charge in [0.1, 0.15) is 18.1 Å². The second-order valence-corrected chi connectivity index (χ2v) is 6.73. The highest BCUT2D eigenvalue weighted by molar-refractivity contribution is 5.78. The van der Waals surface area contributed by atoms with Gasteiger partial charge in [-0.15, -0.1) is 6.58 Å². The average molecular weight is 322 g/mol. The zero-order chi connectivity index (χ0) is 17.2. The zero-order valence-corrected chi connectivity index (χ0v) is 14.1. The number of rotatable bonds is 6. The third-order valence-corrected chi connectivity index (χ3v) is 4.68. The second kappa shape index (κ2) is 6.52. The molecule has 0 heterocycles. The molecular formula is C21H22O3. The number of hydrogen-bond acceptors (Lipinski definition) is 3. The number of benzene rings is 2. The summed E-state index contributed by atoms with van der Waals surface area (Å²) in [7, 11) is 0. The number of esters is 1. The van der Waals surface area contributed by atoms with Gasteiger partial charge in [-0.25, -0.2) is 0 Å². The molecule has 2 aromatic carbocycles. The number of para-hydroxylation sites is 1. The lowest BCUT2D eigenvalue weighted by Gasteiger charge is -2.09. The van der Waals surface area contributed by atoms with Crippen LogP contribution in [0.5, 0.6) is 11.5 Å². The first-order chi connectivity index (χ1) is 11.5. The van der Waals surface area contributed by atoms with Crippen molar-refractivity contribution in [1.29, 1.82) is 0 Å². The van der Waals surface area contributed by atoms with Crippen LogP contribution in [0.1, 0.15) is 19.4 Å². The summed E-state index contributed by atoms with van der Waals surface area (Å²) < 4.78 is 11.3. The fraction of sp³-hybridized carbons (Fsp3) is 0.286. The minimum Gasteiger partial charge on any atom is -0.461 e. The molecule has 124 valence electrons. The Labute approximate surface area is 142 Å². The topological polar surface area (TPSA) is 35.5 Å². The van der Waals surface area contributed by atoms with E-state index >= 15 is 0 Å². The summed E-state index contributed by atoms with van der Waals surface area (Å²) in [5, 5.41) is 0. The van der Waals surface area contributed by atoms with Gasteiger partial charge in [-0.3, -0.25) is 4.79 Å². The van der Waals surface area contributed by atoms with Crippen LogP contribution >= 0.6 is 0 Å². The Morgan fingerprint density at radius 2 is 1.83 bits per heavy atom. The Kier molecular flexibility index (Phi) is 4.43. The molecule has 2 aromatic rings. The first-order valence-corrected chi connectivity index (χ1v) is 8.13. The Morgan fingerprint density at radius 1 is 1.12 bits per heavy atom. The number of carbonyl (C=O) groups is 1. The average Bonchev–Trinajstić information content (AvgIpc) is 3.15. The molecule has 0 aliphatic heterocycles. The van der Waals surface area contributed by atoms with Crippen molar-refractivity contribution in [2.24, 2.45) is 17.3 Å². The van der Waals surface area contributed by atoms with Crippen LogP contribution in [0.25, 0.3) is 0 Å². The Balaban J connectivity index is 1.59. The molecule has 0 bridgehead atoms. The van der Waals surface area contributed by atoms with Gasteiger partial charge < -0.3 is 9.47 Å². The van der Waals surface area contributed by atoms with E-state index in [0.29, 0.717) is 0 Å². The van der Waals surface area contributed by atoms with Crippen LogP contribution < -0.4 is 4.74 Å². The van der Waals surface area contributed by atoms with Crippen molar-refractivity contribution in [3.63, 3.8) is 0 Å². The van der Waals surface area contributed by atoms with Crippen LogP contribution in [0.4, 0.5) is 0 Å². The van der Waals surface area contributed by atoms with E-state index in [4.69, 9.17) is 9.47 Å². The lowest BCUT2D eigenvalue weighted by molar-refractivity contribution is -0.147. The molecule has 0 saturated heterocycles.